The third-order valence-electron chi connectivity index (χ3n) is 8.56. The molecule has 0 atom stereocenters. The molecule has 1 aromatic heterocycles. The van der Waals surface area contributed by atoms with Crippen molar-refractivity contribution in [3.05, 3.63) is 115 Å². The number of nitrogens with zero attached hydrogens (tertiary/aromatic N) is 2. The number of rotatable bonds is 7. The molecule has 4 nitrogen and oxygen atoms in total. The largest absolute Gasteiger partial charge is 0.504 e. The lowest BCUT2D eigenvalue weighted by Crippen LogP contribution is -2.17. The molecule has 0 radical (unpaired) electrons. The fraction of sp³-hybridized carbons (Fsp3) is 0.359. The summed E-state index contributed by atoms with van der Waals surface area (Å²) in [6, 6.07) is 13.0. The first-order valence-electron chi connectivity index (χ1n) is 15.7. The number of pyridine rings is 1. The molecular weight excluding hydrogens is 545 g/mol. The minimum Gasteiger partial charge on any atom is -0.504 e. The second-order valence-electron chi connectivity index (χ2n) is 11.7. The topological polar surface area (TPSA) is 51.4 Å². The molecule has 2 aromatic carbocycles. The third kappa shape index (κ3) is 9.97. The van der Waals surface area contributed by atoms with Crippen molar-refractivity contribution in [1.82, 2.24) is 4.98 Å². The predicted molar refractivity (Wildman–Crippen MR) is 188 cm³/mol. The fourth-order valence-corrected chi connectivity index (χ4v) is 5.91. The van der Waals surface area contributed by atoms with Crippen molar-refractivity contribution < 1.29 is 9.13 Å². The van der Waals surface area contributed by atoms with Crippen LogP contribution in [0.3, 0.4) is 0 Å². The molecule has 3 saturated carbocycles. The van der Waals surface area contributed by atoms with E-state index in [1.807, 2.05) is 73.7 Å². The quantitative estimate of drug-likeness (QED) is 0.168. The van der Waals surface area contributed by atoms with Crippen molar-refractivity contribution in [2.75, 3.05) is 24.8 Å². The van der Waals surface area contributed by atoms with Gasteiger partial charge in [-0.3, -0.25) is 4.98 Å². The lowest BCUT2D eigenvalue weighted by molar-refractivity contribution is 0.326. The molecule has 234 valence electrons. The number of benzene rings is 2. The Kier molecular flexibility index (Phi) is 14.0. The van der Waals surface area contributed by atoms with Gasteiger partial charge in [0.25, 0.3) is 0 Å². The van der Waals surface area contributed by atoms with E-state index in [-0.39, 0.29) is 5.82 Å². The molecule has 0 saturated heterocycles. The molecule has 44 heavy (non-hydrogen) atoms. The number of allylic oxidation sites excluding steroid dienone is 2. The number of anilines is 2. The Morgan fingerprint density at radius 1 is 1.00 bits per heavy atom. The number of halogens is 1. The molecule has 2 N–H and O–H groups in total. The molecule has 3 aliphatic rings. The lowest BCUT2D eigenvalue weighted by Gasteiger charge is -2.20. The van der Waals surface area contributed by atoms with Gasteiger partial charge in [-0.25, -0.2) is 4.39 Å². The van der Waals surface area contributed by atoms with Crippen LogP contribution in [0.4, 0.5) is 15.8 Å². The molecule has 1 heterocycles. The minimum absolute atomic E-state index is 0.237. The van der Waals surface area contributed by atoms with Crippen LogP contribution in [0.25, 0.3) is 23.3 Å². The zero-order valence-electron chi connectivity index (χ0n) is 26.9. The average molecular weight is 596 g/mol. The summed E-state index contributed by atoms with van der Waals surface area (Å²) in [5.41, 5.74) is 13.2. The highest BCUT2D eigenvalue weighted by atomic mass is 19.1. The minimum atomic E-state index is -0.237. The molecule has 3 fully saturated rings. The van der Waals surface area contributed by atoms with Gasteiger partial charge in [-0.05, 0) is 96.5 Å². The van der Waals surface area contributed by atoms with Crippen molar-refractivity contribution in [3.63, 3.8) is 0 Å². The van der Waals surface area contributed by atoms with Crippen LogP contribution in [0, 0.1) is 17.7 Å². The van der Waals surface area contributed by atoms with Gasteiger partial charge in [0.15, 0.2) is 0 Å². The number of ether oxygens (including phenoxy) is 1. The Bertz CT molecular complexity index is 1390. The van der Waals surface area contributed by atoms with Gasteiger partial charge >= 0.3 is 0 Å². The monoisotopic (exact) mass is 595 g/mol. The normalized spacial score (nSPS) is 17.6. The third-order valence-corrected chi connectivity index (χ3v) is 8.56. The molecule has 2 bridgehead atoms. The maximum absolute atomic E-state index is 14.8. The number of hydrogen-bond donors (Lipinski definition) is 1. The van der Waals surface area contributed by atoms with Gasteiger partial charge in [0.1, 0.15) is 5.82 Å². The number of nitrogen functional groups attached to an aromatic ring is 1. The number of hydrogen-bond acceptors (Lipinski definition) is 4. The van der Waals surface area contributed by atoms with Crippen LogP contribution in [0.15, 0.2) is 92.5 Å². The summed E-state index contributed by atoms with van der Waals surface area (Å²) in [4.78, 5) is 6.24. The van der Waals surface area contributed by atoms with Crippen LogP contribution in [-0.4, -0.2) is 19.1 Å². The molecule has 0 unspecified atom stereocenters. The molecule has 6 rings (SSSR count). The summed E-state index contributed by atoms with van der Waals surface area (Å²) in [5, 5.41) is 0. The fourth-order valence-electron chi connectivity index (χ4n) is 5.91. The number of nitrogens with two attached hydrogens (primary N) is 1. The Labute approximate surface area is 264 Å². The van der Waals surface area contributed by atoms with Crippen LogP contribution in [-0.2, 0) is 11.3 Å². The summed E-state index contributed by atoms with van der Waals surface area (Å²) in [7, 11) is 3.63. The zero-order chi connectivity index (χ0) is 31.9. The van der Waals surface area contributed by atoms with Crippen molar-refractivity contribution in [2.24, 2.45) is 11.8 Å². The first kappa shape index (κ1) is 34.4. The Hall–Kier alpha value is -4.12. The van der Waals surface area contributed by atoms with Gasteiger partial charge in [0.2, 0.25) is 0 Å². The maximum atomic E-state index is 14.8. The summed E-state index contributed by atoms with van der Waals surface area (Å²) in [5.74, 6) is 2.11. The molecule has 3 aliphatic carbocycles. The first-order chi connectivity index (χ1) is 21.4. The molecule has 5 heteroatoms. The van der Waals surface area contributed by atoms with Gasteiger partial charge < -0.3 is 15.4 Å². The van der Waals surface area contributed by atoms with Crippen molar-refractivity contribution in [3.8, 4) is 11.1 Å². The average Bonchev–Trinajstić information content (AvgIpc) is 3.69. The van der Waals surface area contributed by atoms with E-state index >= 15 is 0 Å². The van der Waals surface area contributed by atoms with E-state index in [4.69, 9.17) is 10.5 Å². The van der Waals surface area contributed by atoms with Crippen LogP contribution in [0.5, 0.6) is 0 Å². The summed E-state index contributed by atoms with van der Waals surface area (Å²) in [6.45, 7) is 12.2. The lowest BCUT2D eigenvalue weighted by atomic mass is 9.94. The smallest absolute Gasteiger partial charge is 0.128 e. The number of fused-ring (bicyclic) bond motifs is 2. The highest BCUT2D eigenvalue weighted by molar-refractivity contribution is 5.73. The maximum Gasteiger partial charge on any atom is 0.128 e. The van der Waals surface area contributed by atoms with Gasteiger partial charge in [0.05, 0.1) is 25.3 Å². The van der Waals surface area contributed by atoms with Crippen molar-refractivity contribution in [2.45, 2.75) is 64.8 Å². The molecule has 3 aromatic rings. The Morgan fingerprint density at radius 3 is 2.16 bits per heavy atom. The predicted octanol–water partition coefficient (Wildman–Crippen LogP) is 10.5. The zero-order valence-corrected chi connectivity index (χ0v) is 26.9. The van der Waals surface area contributed by atoms with E-state index in [2.05, 4.69) is 24.7 Å². The molecular formula is C39H50FN3O. The van der Waals surface area contributed by atoms with Crippen molar-refractivity contribution in [1.29, 1.82) is 0 Å². The highest BCUT2D eigenvalue weighted by Crippen LogP contribution is 2.43. The Morgan fingerprint density at radius 2 is 1.66 bits per heavy atom. The van der Waals surface area contributed by atoms with Crippen LogP contribution in [0.1, 0.15) is 75.0 Å². The van der Waals surface area contributed by atoms with E-state index in [1.54, 1.807) is 63.7 Å². The second kappa shape index (κ2) is 17.9. The van der Waals surface area contributed by atoms with E-state index in [9.17, 15) is 4.39 Å². The van der Waals surface area contributed by atoms with Crippen LogP contribution >= 0.6 is 0 Å². The van der Waals surface area contributed by atoms with E-state index < -0.39 is 0 Å². The van der Waals surface area contributed by atoms with Gasteiger partial charge in [-0.15, -0.1) is 13.2 Å². The first-order valence-corrected chi connectivity index (χ1v) is 15.7. The number of aromatic nitrogens is 1. The van der Waals surface area contributed by atoms with E-state index in [0.29, 0.717) is 17.8 Å². The van der Waals surface area contributed by atoms with E-state index in [0.717, 1.165) is 27.9 Å². The second-order valence-corrected chi connectivity index (χ2v) is 11.7. The summed E-state index contributed by atoms with van der Waals surface area (Å²) >= 11 is 0. The molecule has 0 spiro atoms. The standard InChI is InChI=1S/C24H24FN3.C7H12.C6H10O.C2H4/c1-4-6-17-11-22(15-27-14-17)28(3)16-21-8-7-20(13-23(21)25)19-9-10-24(26)18(5-2)12-19;1-2-7-4-3-6(1)5-7;1-7-5-6-3-2-4-6;1-2/h4-15H,2,16,26H2,1,3H3;6-7H,1-5H2;5H,2-4H2,1H3;1-2H2/b6-4+;;;. The van der Waals surface area contributed by atoms with Crippen LogP contribution < -0.4 is 10.6 Å². The van der Waals surface area contributed by atoms with E-state index in [1.165, 1.54) is 36.7 Å². The van der Waals surface area contributed by atoms with Gasteiger partial charge in [0, 0.05) is 31.0 Å². The highest BCUT2D eigenvalue weighted by Gasteiger charge is 2.30. The van der Waals surface area contributed by atoms with Gasteiger partial charge in [-0.1, -0.05) is 68.7 Å². The number of methoxy groups -OCH3 is 1. The Balaban J connectivity index is 0.000000265. The van der Waals surface area contributed by atoms with Crippen LogP contribution in [0.2, 0.25) is 0 Å². The summed E-state index contributed by atoms with van der Waals surface area (Å²) < 4.78 is 19.6. The van der Waals surface area contributed by atoms with Crippen molar-refractivity contribution >= 4 is 23.5 Å². The molecule has 0 aliphatic heterocycles. The van der Waals surface area contributed by atoms with Gasteiger partial charge in [-0.2, -0.15) is 0 Å². The molecule has 0 amide bonds. The SMILES string of the molecule is C1CC2CCC1C2.C=C.C=Cc1cc(-c2ccc(CN(C)c3cncc(/C=C/C)c3)c(F)c2)ccc1N.COC=C1CCC1. The summed E-state index contributed by atoms with van der Waals surface area (Å²) in [6.07, 6.45) is 22.8.